The lowest BCUT2D eigenvalue weighted by Crippen LogP contribution is -2.29. The Morgan fingerprint density at radius 1 is 1.20 bits per heavy atom. The second-order valence-corrected chi connectivity index (χ2v) is 7.03. The van der Waals surface area contributed by atoms with Gasteiger partial charge in [-0.05, 0) is 38.0 Å². The van der Waals surface area contributed by atoms with Gasteiger partial charge in [-0.15, -0.1) is 11.3 Å². The van der Waals surface area contributed by atoms with Crippen LogP contribution in [0.4, 0.5) is 0 Å². The lowest BCUT2D eigenvalue weighted by molar-refractivity contribution is -0.121. The van der Waals surface area contributed by atoms with Crippen LogP contribution in [0.15, 0.2) is 46.2 Å². The van der Waals surface area contributed by atoms with Crippen molar-refractivity contribution in [2.24, 2.45) is 0 Å². The van der Waals surface area contributed by atoms with Crippen molar-refractivity contribution < 1.29 is 9.21 Å². The summed E-state index contributed by atoms with van der Waals surface area (Å²) in [4.78, 5) is 16.9. The van der Waals surface area contributed by atoms with Gasteiger partial charge in [0.2, 0.25) is 5.91 Å². The number of benzene rings is 1. The second kappa shape index (κ2) is 7.66. The molecule has 0 saturated heterocycles. The molecule has 0 bridgehead atoms. The number of aryl methyl sites for hydroxylation is 2. The van der Waals surface area contributed by atoms with E-state index in [0.29, 0.717) is 0 Å². The van der Waals surface area contributed by atoms with Crippen LogP contribution >= 0.6 is 11.3 Å². The fourth-order valence-electron chi connectivity index (χ4n) is 2.68. The van der Waals surface area contributed by atoms with E-state index in [-0.39, 0.29) is 18.4 Å². The number of thiazole rings is 1. The Morgan fingerprint density at radius 3 is 2.60 bits per heavy atom. The molecule has 130 valence electrons. The Morgan fingerprint density at radius 2 is 1.96 bits per heavy atom. The molecule has 3 rings (SSSR count). The standard InChI is InChI=1S/C20H22N2O2S/c1-4-17(15-8-5-13(2)6-9-15)22-19(23)11-16-12-25-20(21-16)18-10-7-14(3)24-18/h5-10,12,17H,4,11H2,1-3H3,(H,22,23). The molecule has 0 aliphatic rings. The molecule has 1 aromatic carbocycles. The van der Waals surface area contributed by atoms with Crippen LogP contribution in [0.1, 0.15) is 42.0 Å². The van der Waals surface area contributed by atoms with Gasteiger partial charge in [0.1, 0.15) is 5.76 Å². The highest BCUT2D eigenvalue weighted by Gasteiger charge is 2.15. The first-order valence-corrected chi connectivity index (χ1v) is 9.30. The first-order valence-electron chi connectivity index (χ1n) is 8.42. The molecule has 0 aliphatic heterocycles. The highest BCUT2D eigenvalue weighted by atomic mass is 32.1. The molecule has 5 heteroatoms. The monoisotopic (exact) mass is 354 g/mol. The van der Waals surface area contributed by atoms with Crippen LogP contribution in [0.2, 0.25) is 0 Å². The van der Waals surface area contributed by atoms with Crippen molar-refractivity contribution in [3.8, 4) is 10.8 Å². The van der Waals surface area contributed by atoms with Gasteiger partial charge in [0.05, 0.1) is 18.2 Å². The number of hydrogen-bond acceptors (Lipinski definition) is 4. The van der Waals surface area contributed by atoms with Gasteiger partial charge >= 0.3 is 0 Å². The summed E-state index contributed by atoms with van der Waals surface area (Å²) in [7, 11) is 0. The molecule has 2 heterocycles. The molecular formula is C20H22N2O2S. The van der Waals surface area contributed by atoms with Gasteiger partial charge in [0.15, 0.2) is 10.8 Å². The summed E-state index contributed by atoms with van der Waals surface area (Å²) < 4.78 is 5.58. The number of hydrogen-bond donors (Lipinski definition) is 1. The number of aromatic nitrogens is 1. The minimum absolute atomic E-state index is 0.0140. The van der Waals surface area contributed by atoms with Crippen molar-refractivity contribution in [2.45, 2.75) is 39.7 Å². The highest BCUT2D eigenvalue weighted by molar-refractivity contribution is 7.13. The van der Waals surface area contributed by atoms with Crippen molar-refractivity contribution >= 4 is 17.2 Å². The van der Waals surface area contributed by atoms with Gasteiger partial charge in [0, 0.05) is 5.38 Å². The molecule has 0 saturated carbocycles. The molecule has 3 aromatic rings. The van der Waals surface area contributed by atoms with E-state index < -0.39 is 0 Å². The quantitative estimate of drug-likeness (QED) is 0.690. The summed E-state index contributed by atoms with van der Waals surface area (Å²) in [5, 5.41) is 5.83. The summed E-state index contributed by atoms with van der Waals surface area (Å²) in [5.41, 5.74) is 3.12. The number of carbonyl (C=O) groups excluding carboxylic acids is 1. The van der Waals surface area contributed by atoms with E-state index in [2.05, 4.69) is 48.4 Å². The summed E-state index contributed by atoms with van der Waals surface area (Å²) >= 11 is 1.50. The Balaban J connectivity index is 1.63. The third kappa shape index (κ3) is 4.37. The maximum Gasteiger partial charge on any atom is 0.226 e. The van der Waals surface area contributed by atoms with Gasteiger partial charge in [0.25, 0.3) is 0 Å². The zero-order valence-corrected chi connectivity index (χ0v) is 15.5. The smallest absolute Gasteiger partial charge is 0.226 e. The van der Waals surface area contributed by atoms with Gasteiger partial charge in [-0.2, -0.15) is 0 Å². The van der Waals surface area contributed by atoms with Crippen molar-refractivity contribution in [3.05, 3.63) is 64.4 Å². The molecule has 1 N–H and O–H groups in total. The van der Waals surface area contributed by atoms with Crippen LogP contribution in [0, 0.1) is 13.8 Å². The van der Waals surface area contributed by atoms with E-state index in [9.17, 15) is 4.79 Å². The fraction of sp³-hybridized carbons (Fsp3) is 0.300. The first-order chi connectivity index (χ1) is 12.0. The third-order valence-electron chi connectivity index (χ3n) is 4.07. The van der Waals surface area contributed by atoms with E-state index in [4.69, 9.17) is 4.42 Å². The minimum Gasteiger partial charge on any atom is -0.459 e. The van der Waals surface area contributed by atoms with Gasteiger partial charge < -0.3 is 9.73 Å². The maximum absolute atomic E-state index is 12.4. The minimum atomic E-state index is -0.0140. The van der Waals surface area contributed by atoms with Crippen molar-refractivity contribution in [2.75, 3.05) is 0 Å². The van der Waals surface area contributed by atoms with Gasteiger partial charge in [-0.25, -0.2) is 4.98 Å². The molecule has 2 aromatic heterocycles. The maximum atomic E-state index is 12.4. The summed E-state index contributed by atoms with van der Waals surface area (Å²) in [6, 6.07) is 12.1. The molecule has 4 nitrogen and oxygen atoms in total. The Kier molecular flexibility index (Phi) is 5.34. The van der Waals surface area contributed by atoms with Crippen LogP contribution < -0.4 is 5.32 Å². The van der Waals surface area contributed by atoms with Crippen LogP contribution in [0.25, 0.3) is 10.8 Å². The van der Waals surface area contributed by atoms with Gasteiger partial charge in [-0.1, -0.05) is 36.8 Å². The van der Waals surface area contributed by atoms with Crippen molar-refractivity contribution in [1.82, 2.24) is 10.3 Å². The molecule has 0 aliphatic carbocycles. The fourth-order valence-corrected chi connectivity index (χ4v) is 3.46. The Labute approximate surface area is 151 Å². The van der Waals surface area contributed by atoms with E-state index in [1.165, 1.54) is 16.9 Å². The Hall–Kier alpha value is -2.40. The van der Waals surface area contributed by atoms with Crippen LogP contribution in [-0.4, -0.2) is 10.9 Å². The predicted molar refractivity (Wildman–Crippen MR) is 101 cm³/mol. The number of rotatable bonds is 6. The molecule has 0 fully saturated rings. The SMILES string of the molecule is CCC(NC(=O)Cc1csc(-c2ccc(C)o2)n1)c1ccc(C)cc1. The first kappa shape index (κ1) is 17.4. The normalized spacial score (nSPS) is 12.1. The lowest BCUT2D eigenvalue weighted by Gasteiger charge is -2.17. The molecule has 0 radical (unpaired) electrons. The third-order valence-corrected chi connectivity index (χ3v) is 4.97. The number of carbonyl (C=O) groups is 1. The zero-order valence-electron chi connectivity index (χ0n) is 14.7. The second-order valence-electron chi connectivity index (χ2n) is 6.17. The zero-order chi connectivity index (χ0) is 17.8. The average molecular weight is 354 g/mol. The summed E-state index contributed by atoms with van der Waals surface area (Å²) in [6.07, 6.45) is 1.13. The van der Waals surface area contributed by atoms with E-state index in [1.807, 2.05) is 24.4 Å². The summed E-state index contributed by atoms with van der Waals surface area (Å²) in [5.74, 6) is 1.59. The number of furan rings is 1. The van der Waals surface area contributed by atoms with Crippen molar-refractivity contribution in [3.63, 3.8) is 0 Å². The molecule has 1 amide bonds. The number of nitrogens with zero attached hydrogens (tertiary/aromatic N) is 1. The highest BCUT2D eigenvalue weighted by Crippen LogP contribution is 2.26. The molecular weight excluding hydrogens is 332 g/mol. The van der Waals surface area contributed by atoms with E-state index in [0.717, 1.165) is 34.2 Å². The molecule has 1 unspecified atom stereocenters. The molecule has 1 atom stereocenters. The van der Waals surface area contributed by atoms with Crippen LogP contribution in [0.5, 0.6) is 0 Å². The topological polar surface area (TPSA) is 55.1 Å². The predicted octanol–water partition coefficient (Wildman–Crippen LogP) is 4.83. The number of amides is 1. The van der Waals surface area contributed by atoms with E-state index in [1.54, 1.807) is 0 Å². The number of nitrogens with one attached hydrogen (secondary N) is 1. The average Bonchev–Trinajstić information content (AvgIpc) is 3.22. The van der Waals surface area contributed by atoms with Crippen LogP contribution in [0.3, 0.4) is 0 Å². The van der Waals surface area contributed by atoms with Crippen LogP contribution in [-0.2, 0) is 11.2 Å². The Bertz CT molecular complexity index is 849. The summed E-state index contributed by atoms with van der Waals surface area (Å²) in [6.45, 7) is 6.04. The van der Waals surface area contributed by atoms with Gasteiger partial charge in [-0.3, -0.25) is 4.79 Å². The lowest BCUT2D eigenvalue weighted by atomic mass is 10.0. The largest absolute Gasteiger partial charge is 0.459 e. The van der Waals surface area contributed by atoms with E-state index >= 15 is 0 Å². The molecule has 0 spiro atoms. The molecule has 25 heavy (non-hydrogen) atoms. The van der Waals surface area contributed by atoms with Crippen molar-refractivity contribution in [1.29, 1.82) is 0 Å².